The largest absolute Gasteiger partial charge is 0.397 e. The van der Waals surface area contributed by atoms with Crippen LogP contribution in [0.25, 0.3) is 11.1 Å². The van der Waals surface area contributed by atoms with Gasteiger partial charge < -0.3 is 5.32 Å². The van der Waals surface area contributed by atoms with Gasteiger partial charge in [0.25, 0.3) is 0 Å². The molecular formula is C20H24F2N2O3S. The van der Waals surface area contributed by atoms with Crippen LogP contribution in [0.5, 0.6) is 0 Å². The molecule has 1 unspecified atom stereocenters. The van der Waals surface area contributed by atoms with Crippen molar-refractivity contribution in [3.63, 3.8) is 0 Å². The minimum Gasteiger partial charge on any atom is -0.328 e. The highest BCUT2D eigenvalue weighted by Gasteiger charge is 2.18. The lowest BCUT2D eigenvalue weighted by atomic mass is 10.0. The second kappa shape index (κ2) is 9.75. The van der Waals surface area contributed by atoms with Crippen molar-refractivity contribution in [1.82, 2.24) is 10.0 Å². The molecule has 0 aromatic heterocycles. The van der Waals surface area contributed by atoms with Crippen LogP contribution in [0, 0.1) is 0 Å². The summed E-state index contributed by atoms with van der Waals surface area (Å²) in [6, 6.07) is 14.4. The number of benzene rings is 2. The summed E-state index contributed by atoms with van der Waals surface area (Å²) in [7, 11) is -3.50. The molecule has 2 aromatic rings. The molecule has 28 heavy (non-hydrogen) atoms. The molecule has 5 nitrogen and oxygen atoms in total. The van der Waals surface area contributed by atoms with E-state index in [2.05, 4.69) is 10.0 Å². The van der Waals surface area contributed by atoms with Crippen LogP contribution in [0.2, 0.25) is 0 Å². The van der Waals surface area contributed by atoms with E-state index in [1.54, 1.807) is 24.3 Å². The van der Waals surface area contributed by atoms with E-state index in [4.69, 9.17) is 0 Å². The van der Waals surface area contributed by atoms with Crippen LogP contribution >= 0.6 is 0 Å². The Morgan fingerprint density at radius 1 is 1.00 bits per heavy atom. The number of halogens is 2. The second-order valence-electron chi connectivity index (χ2n) is 6.68. The number of nitrogens with one attached hydrogen (secondary N) is 2. The highest BCUT2D eigenvalue weighted by atomic mass is 32.2. The van der Waals surface area contributed by atoms with Crippen molar-refractivity contribution < 1.29 is 22.0 Å². The molecule has 0 fully saturated rings. The minimum atomic E-state index is -3.50. The molecule has 0 aliphatic heterocycles. The van der Waals surface area contributed by atoms with E-state index in [1.165, 1.54) is 13.8 Å². The van der Waals surface area contributed by atoms with Crippen LogP contribution in [0.15, 0.2) is 48.5 Å². The molecule has 0 saturated heterocycles. The zero-order chi connectivity index (χ0) is 20.7. The van der Waals surface area contributed by atoms with Gasteiger partial charge in [0.1, 0.15) is 6.17 Å². The molecule has 0 radical (unpaired) electrons. The summed E-state index contributed by atoms with van der Waals surface area (Å²) < 4.78 is 52.1. The fourth-order valence-electron chi connectivity index (χ4n) is 2.53. The Morgan fingerprint density at radius 3 is 2.04 bits per heavy atom. The smallest absolute Gasteiger partial charge is 0.328 e. The van der Waals surface area contributed by atoms with E-state index < -0.39 is 27.6 Å². The molecule has 0 saturated carbocycles. The van der Waals surface area contributed by atoms with Crippen LogP contribution in [-0.2, 0) is 16.4 Å². The van der Waals surface area contributed by atoms with Crippen LogP contribution in [-0.4, -0.2) is 32.9 Å². The standard InChI is InChI=1S/C20H24F2N2O3S/c1-14(2)28(26,27)24-13-19(21)18-9-7-17(8-10-18)16-5-3-15(4-6-16)11-12-23-20(22)25/h3-10,14,19,24H,11-13H2,1-2H3,(H,23,25). The summed E-state index contributed by atoms with van der Waals surface area (Å²) >= 11 is 0. The van der Waals surface area contributed by atoms with Crippen molar-refractivity contribution in [2.75, 3.05) is 13.1 Å². The van der Waals surface area contributed by atoms with Crippen LogP contribution in [0.3, 0.4) is 0 Å². The van der Waals surface area contributed by atoms with E-state index in [-0.39, 0.29) is 13.1 Å². The Labute approximate surface area is 164 Å². The van der Waals surface area contributed by atoms with Gasteiger partial charge in [-0.3, -0.25) is 0 Å². The molecule has 1 atom stereocenters. The van der Waals surface area contributed by atoms with Gasteiger partial charge in [-0.1, -0.05) is 48.5 Å². The molecule has 2 rings (SSSR count). The van der Waals surface area contributed by atoms with E-state index in [9.17, 15) is 22.0 Å². The number of sulfonamides is 1. The number of carbonyl (C=O) groups excluding carboxylic acids is 1. The van der Waals surface area contributed by atoms with Crippen LogP contribution in [0.4, 0.5) is 13.6 Å². The molecule has 8 heteroatoms. The fraction of sp³-hybridized carbons (Fsp3) is 0.350. The molecule has 0 aliphatic rings. The molecule has 0 heterocycles. The first-order valence-corrected chi connectivity index (χ1v) is 10.5. The van der Waals surface area contributed by atoms with Gasteiger partial charge >= 0.3 is 6.16 Å². The summed E-state index contributed by atoms with van der Waals surface area (Å²) in [5, 5.41) is 1.49. The quantitative estimate of drug-likeness (QED) is 0.486. The Hall–Kier alpha value is -2.32. The third-order valence-corrected chi connectivity index (χ3v) is 6.13. The third kappa shape index (κ3) is 6.38. The predicted octanol–water partition coefficient (Wildman–Crippen LogP) is 3.91. The van der Waals surface area contributed by atoms with Crippen molar-refractivity contribution in [2.24, 2.45) is 0 Å². The fourth-order valence-corrected chi connectivity index (χ4v) is 3.24. The average molecular weight is 410 g/mol. The van der Waals surface area contributed by atoms with Gasteiger partial charge in [-0.25, -0.2) is 22.3 Å². The zero-order valence-electron chi connectivity index (χ0n) is 15.8. The van der Waals surface area contributed by atoms with Crippen molar-refractivity contribution in [3.8, 4) is 11.1 Å². The van der Waals surface area contributed by atoms with Crippen molar-refractivity contribution in [3.05, 3.63) is 59.7 Å². The Bertz CT molecular complexity index is 883. The Balaban J connectivity index is 1.97. The van der Waals surface area contributed by atoms with E-state index in [0.717, 1.165) is 16.7 Å². The maximum atomic E-state index is 14.3. The highest BCUT2D eigenvalue weighted by Crippen LogP contribution is 2.24. The summed E-state index contributed by atoms with van der Waals surface area (Å²) in [5.41, 5.74) is 3.17. The van der Waals surface area contributed by atoms with Crippen molar-refractivity contribution >= 4 is 16.2 Å². The van der Waals surface area contributed by atoms with Crippen LogP contribution in [0.1, 0.15) is 31.1 Å². The predicted molar refractivity (Wildman–Crippen MR) is 106 cm³/mol. The van der Waals surface area contributed by atoms with Gasteiger partial charge in [0, 0.05) is 13.1 Å². The Morgan fingerprint density at radius 2 is 1.54 bits per heavy atom. The summed E-state index contributed by atoms with van der Waals surface area (Å²) in [5.74, 6) is 0. The topological polar surface area (TPSA) is 75.3 Å². The summed E-state index contributed by atoms with van der Waals surface area (Å²) in [4.78, 5) is 10.2. The number of hydrogen-bond donors (Lipinski definition) is 2. The molecule has 2 aromatic carbocycles. The second-order valence-corrected chi connectivity index (χ2v) is 9.00. The highest BCUT2D eigenvalue weighted by molar-refractivity contribution is 7.90. The molecule has 152 valence electrons. The summed E-state index contributed by atoms with van der Waals surface area (Å²) in [6.45, 7) is 2.99. The first-order chi connectivity index (χ1) is 13.2. The zero-order valence-corrected chi connectivity index (χ0v) is 16.6. The molecule has 0 aliphatic carbocycles. The van der Waals surface area contributed by atoms with Crippen molar-refractivity contribution in [1.29, 1.82) is 0 Å². The van der Waals surface area contributed by atoms with E-state index in [0.29, 0.717) is 12.0 Å². The van der Waals surface area contributed by atoms with Gasteiger partial charge in [-0.15, -0.1) is 4.39 Å². The van der Waals surface area contributed by atoms with Gasteiger partial charge in [0.15, 0.2) is 0 Å². The van der Waals surface area contributed by atoms with Gasteiger partial charge in [-0.2, -0.15) is 0 Å². The third-order valence-electron chi connectivity index (χ3n) is 4.32. The Kier molecular flexibility index (Phi) is 7.65. The molecule has 0 bridgehead atoms. The monoisotopic (exact) mass is 410 g/mol. The van der Waals surface area contributed by atoms with Gasteiger partial charge in [-0.05, 0) is 42.5 Å². The number of hydrogen-bond acceptors (Lipinski definition) is 3. The number of alkyl halides is 1. The van der Waals surface area contributed by atoms with Gasteiger partial charge in [0.05, 0.1) is 5.25 Å². The first-order valence-electron chi connectivity index (χ1n) is 8.94. The SMILES string of the molecule is CC(C)S(=O)(=O)NCC(F)c1ccc(-c2ccc(CCNC(=O)F)cc2)cc1. The number of amides is 1. The maximum absolute atomic E-state index is 14.3. The van der Waals surface area contributed by atoms with Crippen LogP contribution < -0.4 is 10.0 Å². The van der Waals surface area contributed by atoms with Gasteiger partial charge in [0.2, 0.25) is 10.0 Å². The lowest BCUT2D eigenvalue weighted by Crippen LogP contribution is -2.33. The minimum absolute atomic E-state index is 0.224. The van der Waals surface area contributed by atoms with E-state index >= 15 is 0 Å². The average Bonchev–Trinajstić information content (AvgIpc) is 2.66. The maximum Gasteiger partial charge on any atom is 0.397 e. The lowest BCUT2D eigenvalue weighted by molar-refractivity contribution is 0.221. The summed E-state index contributed by atoms with van der Waals surface area (Å²) in [6.07, 6.45) is -2.46. The van der Waals surface area contributed by atoms with E-state index in [1.807, 2.05) is 24.3 Å². The van der Waals surface area contributed by atoms with Crippen molar-refractivity contribution in [2.45, 2.75) is 31.7 Å². The number of carbonyl (C=O) groups is 1. The molecule has 1 amide bonds. The first kappa shape index (κ1) is 22.0. The lowest BCUT2D eigenvalue weighted by Gasteiger charge is -2.13. The normalized spacial score (nSPS) is 12.8. The molecular weight excluding hydrogens is 386 g/mol. The molecule has 0 spiro atoms. The molecule has 2 N–H and O–H groups in total. The number of rotatable bonds is 9.